The molecular formula is C28H29F4N5O2S. The smallest absolute Gasteiger partial charge is 0.185 e. The maximum Gasteiger partial charge on any atom is 0.185 e. The van der Waals surface area contributed by atoms with Crippen molar-refractivity contribution in [1.82, 2.24) is 14.8 Å². The van der Waals surface area contributed by atoms with Crippen LogP contribution in [-0.2, 0) is 15.6 Å². The first-order chi connectivity index (χ1) is 18.9. The number of nitrogen functional groups attached to an aromatic ring is 1. The summed E-state index contributed by atoms with van der Waals surface area (Å²) < 4.78 is 85.8. The molecule has 0 bridgehead atoms. The van der Waals surface area contributed by atoms with Crippen LogP contribution in [0.15, 0.2) is 41.4 Å². The fraction of sp³-hybridized carbons (Fsp3) is 0.357. The van der Waals surface area contributed by atoms with Crippen molar-refractivity contribution in [2.75, 3.05) is 5.73 Å². The molecule has 1 saturated carbocycles. The third-order valence-corrected chi connectivity index (χ3v) is 9.12. The van der Waals surface area contributed by atoms with Crippen molar-refractivity contribution in [2.45, 2.75) is 68.2 Å². The average Bonchev–Trinajstić information content (AvgIpc) is 3.30. The molecule has 1 aliphatic rings. The Kier molecular flexibility index (Phi) is 7.34. The van der Waals surface area contributed by atoms with Gasteiger partial charge >= 0.3 is 0 Å². The Labute approximate surface area is 229 Å². The van der Waals surface area contributed by atoms with Crippen LogP contribution in [0.2, 0.25) is 0 Å². The molecule has 4 N–H and O–H groups in total. The zero-order valence-corrected chi connectivity index (χ0v) is 22.8. The molecule has 40 heavy (non-hydrogen) atoms. The minimum atomic E-state index is -4.53. The average molecular weight is 576 g/mol. The molecule has 0 amide bonds. The number of aromatic nitrogens is 3. The Morgan fingerprint density at radius 1 is 1.00 bits per heavy atom. The number of halogens is 4. The molecule has 2 aromatic carbocycles. The Morgan fingerprint density at radius 3 is 2.38 bits per heavy atom. The topological polar surface area (TPSA) is 117 Å². The number of rotatable bonds is 6. The van der Waals surface area contributed by atoms with Gasteiger partial charge in [-0.05, 0) is 81.3 Å². The lowest BCUT2D eigenvalue weighted by Gasteiger charge is -2.27. The molecule has 0 radical (unpaired) electrons. The molecule has 0 unspecified atom stereocenters. The Morgan fingerprint density at radius 2 is 1.70 bits per heavy atom. The summed E-state index contributed by atoms with van der Waals surface area (Å²) in [5, 5.41) is 5.00. The van der Waals surface area contributed by atoms with Gasteiger partial charge in [0.15, 0.2) is 9.84 Å². The number of hydrogen-bond acceptors (Lipinski definition) is 6. The molecule has 7 nitrogen and oxygen atoms in total. The molecule has 1 aliphatic carbocycles. The maximum absolute atomic E-state index is 15.6. The third-order valence-electron chi connectivity index (χ3n) is 7.45. The summed E-state index contributed by atoms with van der Waals surface area (Å²) in [6.07, 6.45) is 5.10. The van der Waals surface area contributed by atoms with Crippen molar-refractivity contribution in [3.05, 3.63) is 70.9 Å². The summed E-state index contributed by atoms with van der Waals surface area (Å²) in [6, 6.07) is 3.49. The number of anilines is 1. The van der Waals surface area contributed by atoms with Gasteiger partial charge in [0, 0.05) is 29.4 Å². The summed E-state index contributed by atoms with van der Waals surface area (Å²) in [4.78, 5) is 3.42. The second kappa shape index (κ2) is 10.5. The number of sulfone groups is 1. The quantitative estimate of drug-likeness (QED) is 0.282. The fourth-order valence-electron chi connectivity index (χ4n) is 5.39. The van der Waals surface area contributed by atoms with Crippen LogP contribution in [0.5, 0.6) is 0 Å². The Hall–Kier alpha value is -3.51. The summed E-state index contributed by atoms with van der Waals surface area (Å²) in [6.45, 7) is 3.81. The Balaban J connectivity index is 1.61. The number of nitrogens with zero attached hydrogens (tertiary/aromatic N) is 3. The first-order valence-electron chi connectivity index (χ1n) is 13.0. The lowest BCUT2D eigenvalue weighted by atomic mass is 9.82. The summed E-state index contributed by atoms with van der Waals surface area (Å²) in [5.74, 6) is -4.99. The van der Waals surface area contributed by atoms with E-state index in [1.54, 1.807) is 10.9 Å². The van der Waals surface area contributed by atoms with E-state index < -0.39 is 49.3 Å². The van der Waals surface area contributed by atoms with Gasteiger partial charge in [0.1, 0.15) is 39.7 Å². The van der Waals surface area contributed by atoms with Crippen molar-refractivity contribution in [2.24, 2.45) is 5.73 Å². The molecule has 12 heteroatoms. The van der Waals surface area contributed by atoms with Crippen LogP contribution in [0.1, 0.15) is 62.6 Å². The summed E-state index contributed by atoms with van der Waals surface area (Å²) >= 11 is 0. The second-order valence-electron chi connectivity index (χ2n) is 10.6. The SMILES string of the molecule is CC(C)n1nc(-c2cc(F)c(CS(=O)(=O)c3cc(F)ccc3F)cc2F)c2c(N)ncc(C3CCC(N)CC3)c21. The van der Waals surface area contributed by atoms with Gasteiger partial charge in [0.25, 0.3) is 0 Å². The van der Waals surface area contributed by atoms with E-state index in [4.69, 9.17) is 11.5 Å². The van der Waals surface area contributed by atoms with Crippen molar-refractivity contribution < 1.29 is 26.0 Å². The van der Waals surface area contributed by atoms with Crippen molar-refractivity contribution in [3.8, 4) is 11.3 Å². The molecular weight excluding hydrogens is 546 g/mol. The molecule has 4 aromatic rings. The van der Waals surface area contributed by atoms with Crippen LogP contribution in [-0.4, -0.2) is 29.2 Å². The predicted octanol–water partition coefficient (Wildman–Crippen LogP) is 5.78. The van der Waals surface area contributed by atoms with Gasteiger partial charge in [-0.15, -0.1) is 0 Å². The molecule has 2 heterocycles. The Bertz CT molecular complexity index is 1710. The molecule has 5 rings (SSSR count). The van der Waals surface area contributed by atoms with E-state index >= 15 is 8.78 Å². The lowest BCUT2D eigenvalue weighted by Crippen LogP contribution is -2.26. The van der Waals surface area contributed by atoms with Crippen LogP contribution in [0.25, 0.3) is 22.2 Å². The van der Waals surface area contributed by atoms with Gasteiger partial charge in [-0.3, -0.25) is 4.68 Å². The summed E-state index contributed by atoms with van der Waals surface area (Å²) in [7, 11) is -4.53. The second-order valence-corrected chi connectivity index (χ2v) is 12.5. The van der Waals surface area contributed by atoms with E-state index in [0.717, 1.165) is 49.4 Å². The maximum atomic E-state index is 15.6. The summed E-state index contributed by atoms with van der Waals surface area (Å²) in [5.41, 5.74) is 13.3. The highest BCUT2D eigenvalue weighted by Crippen LogP contribution is 2.42. The number of nitrogens with two attached hydrogens (primary N) is 2. The van der Waals surface area contributed by atoms with Crippen molar-refractivity contribution in [3.63, 3.8) is 0 Å². The zero-order chi connectivity index (χ0) is 28.9. The minimum Gasteiger partial charge on any atom is -0.383 e. The van der Waals surface area contributed by atoms with Crippen molar-refractivity contribution >= 4 is 26.6 Å². The zero-order valence-electron chi connectivity index (χ0n) is 22.0. The molecule has 1 fully saturated rings. The van der Waals surface area contributed by atoms with E-state index in [0.29, 0.717) is 23.0 Å². The largest absolute Gasteiger partial charge is 0.383 e. The van der Waals surface area contributed by atoms with Gasteiger partial charge in [-0.1, -0.05) is 0 Å². The number of hydrogen-bond donors (Lipinski definition) is 2. The predicted molar refractivity (Wildman–Crippen MR) is 144 cm³/mol. The van der Waals surface area contributed by atoms with Crippen LogP contribution < -0.4 is 11.5 Å². The first kappa shape index (κ1) is 28.0. The van der Waals surface area contributed by atoms with Crippen molar-refractivity contribution in [1.29, 1.82) is 0 Å². The van der Waals surface area contributed by atoms with E-state index in [2.05, 4.69) is 10.1 Å². The first-order valence-corrected chi connectivity index (χ1v) is 14.6. The van der Waals surface area contributed by atoms with E-state index in [9.17, 15) is 17.2 Å². The van der Waals surface area contributed by atoms with Crippen LogP contribution in [0.3, 0.4) is 0 Å². The van der Waals surface area contributed by atoms with Gasteiger partial charge in [-0.2, -0.15) is 5.10 Å². The van der Waals surface area contributed by atoms with Gasteiger partial charge in [-0.25, -0.2) is 31.0 Å². The highest BCUT2D eigenvalue weighted by Gasteiger charge is 2.29. The molecule has 0 atom stereocenters. The number of pyridine rings is 1. The minimum absolute atomic E-state index is 0.0741. The monoisotopic (exact) mass is 575 g/mol. The van der Waals surface area contributed by atoms with Crippen LogP contribution >= 0.6 is 0 Å². The van der Waals surface area contributed by atoms with E-state index in [1.807, 2.05) is 13.8 Å². The number of fused-ring (bicyclic) bond motifs is 1. The van der Waals surface area contributed by atoms with E-state index in [1.165, 1.54) is 0 Å². The fourth-order valence-corrected chi connectivity index (χ4v) is 6.83. The molecule has 2 aromatic heterocycles. The van der Waals surface area contributed by atoms with Crippen LogP contribution in [0.4, 0.5) is 23.4 Å². The lowest BCUT2D eigenvalue weighted by molar-refractivity contribution is 0.395. The molecule has 0 spiro atoms. The van der Waals surface area contributed by atoms with Gasteiger partial charge in [0.2, 0.25) is 0 Å². The normalized spacial score (nSPS) is 18.1. The highest BCUT2D eigenvalue weighted by molar-refractivity contribution is 7.90. The number of benzene rings is 2. The third kappa shape index (κ3) is 5.05. The van der Waals surface area contributed by atoms with Crippen LogP contribution in [0, 0.1) is 23.3 Å². The molecule has 212 valence electrons. The highest BCUT2D eigenvalue weighted by atomic mass is 32.2. The molecule has 0 saturated heterocycles. The van der Waals surface area contributed by atoms with E-state index in [-0.39, 0.29) is 35.1 Å². The standard InChI is InChI=1S/C28H29F4N5O2S/c1-14(2)37-27-20(15-3-6-18(33)7-4-15)12-35-28(34)25(27)26(36-37)19-11-22(31)16(9-23(19)32)13-40(38,39)24-10-17(29)5-8-21(24)30/h5,8-12,14-15,18H,3-4,6-7,13,33H2,1-2H3,(H2,34,35). The van der Waals surface area contributed by atoms with Gasteiger partial charge < -0.3 is 11.5 Å². The van der Waals surface area contributed by atoms with Gasteiger partial charge in [0.05, 0.1) is 16.7 Å². The molecule has 0 aliphatic heterocycles.